The third kappa shape index (κ3) is 3.81. The Labute approximate surface area is 165 Å². The van der Waals surface area contributed by atoms with Gasteiger partial charge in [0.2, 0.25) is 5.91 Å². The van der Waals surface area contributed by atoms with Crippen molar-refractivity contribution in [2.45, 2.75) is 53.1 Å². The van der Waals surface area contributed by atoms with Gasteiger partial charge in [-0.05, 0) is 57.4 Å². The summed E-state index contributed by atoms with van der Waals surface area (Å²) < 4.78 is 5.75. The lowest BCUT2D eigenvalue weighted by Gasteiger charge is -2.27. The minimum absolute atomic E-state index is 0.184. The van der Waals surface area contributed by atoms with Gasteiger partial charge in [-0.25, -0.2) is 0 Å². The van der Waals surface area contributed by atoms with Gasteiger partial charge in [0.1, 0.15) is 0 Å². The largest absolute Gasteiger partial charge is 0.451 e. The summed E-state index contributed by atoms with van der Waals surface area (Å²) in [7, 11) is 0. The van der Waals surface area contributed by atoms with E-state index in [9.17, 15) is 14.4 Å². The second kappa shape index (κ2) is 7.41. The number of rotatable bonds is 4. The number of allylic oxidation sites excluding steroid dienone is 2. The number of ether oxygens (including phenoxy) is 1. The fraction of sp³-hybridized carbons (Fsp3) is 0.500. The van der Waals surface area contributed by atoms with Crippen LogP contribution in [0, 0.1) is 11.3 Å². The van der Waals surface area contributed by atoms with Crippen molar-refractivity contribution in [2.24, 2.45) is 17.1 Å². The summed E-state index contributed by atoms with van der Waals surface area (Å²) in [5.74, 6) is -1.22. The number of hydrogen-bond acceptors (Lipinski definition) is 4. The Morgan fingerprint density at radius 3 is 2.36 bits per heavy atom. The minimum atomic E-state index is -0.817. The molecule has 1 aliphatic carbocycles. The molecule has 2 N–H and O–H groups in total. The van der Waals surface area contributed by atoms with Crippen LogP contribution in [0.3, 0.4) is 0 Å². The molecule has 0 aromatic heterocycles. The molecular formula is C22H28N2O4. The fourth-order valence-electron chi connectivity index (χ4n) is 3.94. The van der Waals surface area contributed by atoms with Gasteiger partial charge in [-0.3, -0.25) is 14.4 Å². The topological polar surface area (TPSA) is 89.7 Å². The number of anilines is 1. The van der Waals surface area contributed by atoms with Crippen LogP contribution < -0.4 is 10.6 Å². The Morgan fingerprint density at radius 2 is 1.79 bits per heavy atom. The molecule has 150 valence electrons. The van der Waals surface area contributed by atoms with Crippen LogP contribution in [0.5, 0.6) is 0 Å². The Balaban J connectivity index is 1.74. The summed E-state index contributed by atoms with van der Waals surface area (Å²) in [4.78, 5) is 38.6. The highest BCUT2D eigenvalue weighted by atomic mass is 16.6. The Hall–Kier alpha value is -2.63. The van der Waals surface area contributed by atoms with Crippen molar-refractivity contribution in [1.82, 2.24) is 0 Å². The summed E-state index contributed by atoms with van der Waals surface area (Å²) in [5.41, 5.74) is 8.39. The first-order valence-corrected chi connectivity index (χ1v) is 9.67. The Morgan fingerprint density at radius 1 is 1.14 bits per heavy atom. The Kier molecular flexibility index (Phi) is 5.33. The van der Waals surface area contributed by atoms with Gasteiger partial charge in [-0.2, -0.15) is 0 Å². The molecule has 0 unspecified atom stereocenters. The van der Waals surface area contributed by atoms with Gasteiger partial charge in [0.15, 0.2) is 6.10 Å². The Bertz CT molecular complexity index is 839. The molecule has 1 aromatic rings. The van der Waals surface area contributed by atoms with E-state index in [-0.39, 0.29) is 17.8 Å². The van der Waals surface area contributed by atoms with Crippen molar-refractivity contribution in [3.8, 4) is 0 Å². The molecule has 2 aliphatic rings. The first kappa shape index (κ1) is 20.1. The van der Waals surface area contributed by atoms with Crippen LogP contribution >= 0.6 is 0 Å². The summed E-state index contributed by atoms with van der Waals surface area (Å²) >= 11 is 0. The maximum Gasteiger partial charge on any atom is 0.310 e. The molecule has 1 aromatic carbocycles. The van der Waals surface area contributed by atoms with E-state index < -0.39 is 17.4 Å². The zero-order valence-electron chi connectivity index (χ0n) is 17.0. The van der Waals surface area contributed by atoms with E-state index in [4.69, 9.17) is 10.5 Å². The molecule has 0 saturated carbocycles. The molecule has 6 heteroatoms. The molecule has 2 amide bonds. The van der Waals surface area contributed by atoms with E-state index in [2.05, 4.69) is 13.8 Å². The zero-order chi connectivity index (χ0) is 20.6. The third-order valence-corrected chi connectivity index (χ3v) is 5.95. The number of esters is 1. The van der Waals surface area contributed by atoms with Crippen LogP contribution in [0.25, 0.3) is 0 Å². The number of nitrogens with zero attached hydrogens (tertiary/aromatic N) is 1. The van der Waals surface area contributed by atoms with Crippen LogP contribution in [-0.4, -0.2) is 30.4 Å². The van der Waals surface area contributed by atoms with Gasteiger partial charge in [0.05, 0.1) is 5.92 Å². The standard InChI is InChI=1S/C22H28N2O4/c1-13-5-6-16(11-14(13)2)21(27)28-18-20(26)24(12-22(18,3)4)17-9-7-15(8-10-17)19(23)25/h7-10,16,18H,5-6,11-12H2,1-4H3,(H2,23,25)/t16-,18-/m0/s1. The maximum absolute atomic E-state index is 13.0. The van der Waals surface area contributed by atoms with Gasteiger partial charge >= 0.3 is 5.97 Å². The molecule has 0 spiro atoms. The molecule has 1 saturated heterocycles. The highest BCUT2D eigenvalue weighted by molar-refractivity contribution is 6.01. The van der Waals surface area contributed by atoms with Crippen molar-refractivity contribution < 1.29 is 19.1 Å². The van der Waals surface area contributed by atoms with Crippen molar-refractivity contribution >= 4 is 23.5 Å². The molecule has 1 fully saturated rings. The van der Waals surface area contributed by atoms with E-state index in [0.717, 1.165) is 12.8 Å². The van der Waals surface area contributed by atoms with Crippen LogP contribution in [0.2, 0.25) is 0 Å². The van der Waals surface area contributed by atoms with Gasteiger partial charge in [0, 0.05) is 23.2 Å². The average Bonchev–Trinajstić information content (AvgIpc) is 2.87. The van der Waals surface area contributed by atoms with E-state index >= 15 is 0 Å². The number of nitrogens with two attached hydrogens (primary N) is 1. The summed E-state index contributed by atoms with van der Waals surface area (Å²) in [6.45, 7) is 8.44. The molecule has 0 radical (unpaired) electrons. The zero-order valence-corrected chi connectivity index (χ0v) is 17.0. The lowest BCUT2D eigenvalue weighted by atomic mass is 9.85. The maximum atomic E-state index is 13.0. The fourth-order valence-corrected chi connectivity index (χ4v) is 3.94. The first-order valence-electron chi connectivity index (χ1n) is 9.67. The highest BCUT2D eigenvalue weighted by Crippen LogP contribution is 2.38. The summed E-state index contributed by atoms with van der Waals surface area (Å²) in [6, 6.07) is 6.57. The van der Waals surface area contributed by atoms with Gasteiger partial charge < -0.3 is 15.4 Å². The van der Waals surface area contributed by atoms with Crippen LogP contribution in [0.4, 0.5) is 5.69 Å². The van der Waals surface area contributed by atoms with Gasteiger partial charge in [0.25, 0.3) is 5.91 Å². The number of benzene rings is 1. The predicted octanol–water partition coefficient (Wildman–Crippen LogP) is 3.21. The van der Waals surface area contributed by atoms with E-state index in [1.54, 1.807) is 29.2 Å². The second-order valence-electron chi connectivity index (χ2n) is 8.64. The lowest BCUT2D eigenvalue weighted by Crippen LogP contribution is -2.38. The van der Waals surface area contributed by atoms with Crippen molar-refractivity contribution in [3.63, 3.8) is 0 Å². The van der Waals surface area contributed by atoms with E-state index in [1.807, 2.05) is 13.8 Å². The van der Waals surface area contributed by atoms with Crippen LogP contribution in [-0.2, 0) is 14.3 Å². The quantitative estimate of drug-likeness (QED) is 0.638. The number of primary amides is 1. The smallest absolute Gasteiger partial charge is 0.310 e. The first-order chi connectivity index (χ1) is 13.1. The molecule has 3 rings (SSSR count). The van der Waals surface area contributed by atoms with Gasteiger partial charge in [-0.15, -0.1) is 0 Å². The van der Waals surface area contributed by atoms with Crippen LogP contribution in [0.1, 0.15) is 57.3 Å². The number of amides is 2. The molecule has 1 aliphatic heterocycles. The van der Waals surface area contributed by atoms with Crippen molar-refractivity contribution in [2.75, 3.05) is 11.4 Å². The molecular weight excluding hydrogens is 356 g/mol. The lowest BCUT2D eigenvalue weighted by molar-refractivity contribution is -0.162. The van der Waals surface area contributed by atoms with Gasteiger partial charge in [-0.1, -0.05) is 25.0 Å². The normalized spacial score (nSPS) is 24.4. The summed E-state index contributed by atoms with van der Waals surface area (Å²) in [6.07, 6.45) is 1.54. The molecule has 0 bridgehead atoms. The number of carbonyl (C=O) groups excluding carboxylic acids is 3. The predicted molar refractivity (Wildman–Crippen MR) is 107 cm³/mol. The highest BCUT2D eigenvalue weighted by Gasteiger charge is 2.50. The molecule has 1 heterocycles. The third-order valence-electron chi connectivity index (χ3n) is 5.95. The number of carbonyl (C=O) groups is 3. The number of hydrogen-bond donors (Lipinski definition) is 1. The average molecular weight is 384 g/mol. The molecule has 2 atom stereocenters. The second-order valence-corrected chi connectivity index (χ2v) is 8.64. The SMILES string of the molecule is CC1=C(C)C[C@@H](C(=O)O[C@H]2C(=O)N(c3ccc(C(N)=O)cc3)CC2(C)C)CC1. The van der Waals surface area contributed by atoms with Crippen LogP contribution in [0.15, 0.2) is 35.4 Å². The molecule has 28 heavy (non-hydrogen) atoms. The van der Waals surface area contributed by atoms with E-state index in [0.29, 0.717) is 24.2 Å². The summed E-state index contributed by atoms with van der Waals surface area (Å²) in [5, 5.41) is 0. The van der Waals surface area contributed by atoms with Crippen molar-refractivity contribution in [1.29, 1.82) is 0 Å². The van der Waals surface area contributed by atoms with Crippen molar-refractivity contribution in [3.05, 3.63) is 41.0 Å². The minimum Gasteiger partial charge on any atom is -0.451 e. The van der Waals surface area contributed by atoms with E-state index in [1.165, 1.54) is 11.1 Å². The molecule has 6 nitrogen and oxygen atoms in total. The monoisotopic (exact) mass is 384 g/mol.